The number of aryl methyl sites for hydroxylation is 1. The molecule has 1 unspecified atom stereocenters. The van der Waals surface area contributed by atoms with E-state index in [1.165, 1.54) is 19.1 Å². The van der Waals surface area contributed by atoms with Crippen LogP contribution in [0.5, 0.6) is 0 Å². The molecule has 9 heteroatoms. The maximum Gasteiger partial charge on any atom is 0.519 e. The van der Waals surface area contributed by atoms with E-state index in [1.807, 2.05) is 0 Å². The molecule has 1 fully saturated rings. The maximum atomic E-state index is 12.9. The van der Waals surface area contributed by atoms with Crippen molar-refractivity contribution in [3.05, 3.63) is 57.5 Å². The molecule has 1 aromatic heterocycles. The summed E-state index contributed by atoms with van der Waals surface area (Å²) < 4.78 is 9.59. The Hall–Kier alpha value is -3.49. The van der Waals surface area contributed by atoms with E-state index in [-0.39, 0.29) is 42.0 Å². The van der Waals surface area contributed by atoms with Crippen molar-refractivity contribution < 1.29 is 28.0 Å². The summed E-state index contributed by atoms with van der Waals surface area (Å²) in [5.41, 5.74) is 0.464. The van der Waals surface area contributed by atoms with Crippen molar-refractivity contribution in [3.63, 3.8) is 0 Å². The fourth-order valence-corrected chi connectivity index (χ4v) is 3.38. The minimum absolute atomic E-state index is 0.0229. The molecule has 0 spiro atoms. The van der Waals surface area contributed by atoms with E-state index in [4.69, 9.17) is 8.83 Å². The lowest BCUT2D eigenvalue weighted by Gasteiger charge is -2.34. The number of hydrogen-bond donors (Lipinski definition) is 0. The summed E-state index contributed by atoms with van der Waals surface area (Å²) in [5, 5.41) is 0. The molecule has 1 atom stereocenters. The minimum Gasteiger partial charge on any atom is -0.396 e. The minimum atomic E-state index is -1.09. The van der Waals surface area contributed by atoms with Crippen LogP contribution < -0.4 is 5.82 Å². The van der Waals surface area contributed by atoms with E-state index in [1.54, 1.807) is 12.1 Å². The van der Waals surface area contributed by atoms with Crippen molar-refractivity contribution in [2.45, 2.75) is 32.4 Å². The predicted molar refractivity (Wildman–Crippen MR) is 87.5 cm³/mol. The lowest BCUT2D eigenvalue weighted by Crippen LogP contribution is -2.55. The summed E-state index contributed by atoms with van der Waals surface area (Å²) in [4.78, 5) is 63.4. The molecule has 0 aliphatic carbocycles. The molecule has 1 saturated heterocycles. The molecule has 1 aromatic carbocycles. The van der Waals surface area contributed by atoms with Crippen LogP contribution in [0.15, 0.2) is 37.9 Å². The lowest BCUT2D eigenvalue weighted by molar-refractivity contribution is -0.152. The fraction of sp³-hybridized carbons (Fsp3) is 0.278. The second-order valence-electron chi connectivity index (χ2n) is 6.33. The van der Waals surface area contributed by atoms with E-state index in [2.05, 4.69) is 0 Å². The third-order valence-corrected chi connectivity index (χ3v) is 4.76. The topological polar surface area (TPSA) is 118 Å². The van der Waals surface area contributed by atoms with Crippen molar-refractivity contribution in [2.75, 3.05) is 0 Å². The molecule has 9 nitrogen and oxygen atoms in total. The number of nitrogens with zero attached hydrogens (tertiary/aromatic N) is 2. The number of likely N-dealkylation sites (tertiary alicyclic amines) is 1. The van der Waals surface area contributed by atoms with Crippen LogP contribution in [0.4, 0.5) is 0 Å². The van der Waals surface area contributed by atoms with Crippen LogP contribution in [0.3, 0.4) is 0 Å². The van der Waals surface area contributed by atoms with Gasteiger partial charge in [-0.2, -0.15) is 0 Å². The molecule has 3 heterocycles. The molecule has 0 radical (unpaired) electrons. The van der Waals surface area contributed by atoms with Crippen LogP contribution >= 0.6 is 0 Å². The molecular formula is C18H14N2O7. The Morgan fingerprint density at radius 2 is 1.63 bits per heavy atom. The zero-order chi connectivity index (χ0) is 19.3. The zero-order valence-electron chi connectivity index (χ0n) is 14.3. The van der Waals surface area contributed by atoms with Gasteiger partial charge in [-0.25, -0.2) is 4.79 Å². The molecule has 138 valence electrons. The van der Waals surface area contributed by atoms with Crippen LogP contribution in [-0.4, -0.2) is 39.5 Å². The molecule has 0 bridgehead atoms. The van der Waals surface area contributed by atoms with Gasteiger partial charge in [-0.1, -0.05) is 12.1 Å². The highest BCUT2D eigenvalue weighted by Crippen LogP contribution is 2.29. The highest BCUT2D eigenvalue weighted by molar-refractivity contribution is 6.23. The average Bonchev–Trinajstić information content (AvgIpc) is 3.09. The summed E-state index contributed by atoms with van der Waals surface area (Å²) in [6.07, 6.45) is 0.0267. The molecule has 0 N–H and O–H groups in total. The van der Waals surface area contributed by atoms with Gasteiger partial charge in [0.05, 0.1) is 17.7 Å². The monoisotopic (exact) mass is 370 g/mol. The van der Waals surface area contributed by atoms with Gasteiger partial charge in [0.25, 0.3) is 17.7 Å². The number of amides is 4. The fourth-order valence-electron chi connectivity index (χ4n) is 3.38. The second kappa shape index (κ2) is 6.04. The maximum absolute atomic E-state index is 12.9. The first kappa shape index (κ1) is 17.0. The number of benzene rings is 1. The quantitative estimate of drug-likeness (QED) is 0.735. The Balaban J connectivity index is 1.63. The van der Waals surface area contributed by atoms with E-state index >= 15 is 0 Å². The van der Waals surface area contributed by atoms with E-state index in [9.17, 15) is 24.0 Å². The number of hydrogen-bond acceptors (Lipinski definition) is 7. The highest BCUT2D eigenvalue weighted by atomic mass is 16.6. The van der Waals surface area contributed by atoms with Crippen LogP contribution in [-0.2, 0) is 16.1 Å². The highest BCUT2D eigenvalue weighted by Gasteiger charge is 2.47. The molecule has 0 saturated carbocycles. The first-order valence-corrected chi connectivity index (χ1v) is 8.29. The zero-order valence-corrected chi connectivity index (χ0v) is 14.3. The summed E-state index contributed by atoms with van der Waals surface area (Å²) in [7, 11) is 0. The van der Waals surface area contributed by atoms with Crippen molar-refractivity contribution in [2.24, 2.45) is 0 Å². The molecule has 2 aromatic rings. The molecule has 4 amide bonds. The van der Waals surface area contributed by atoms with Gasteiger partial charge in [-0.3, -0.25) is 29.0 Å². The molecule has 2 aliphatic rings. The number of imide groups is 2. The third-order valence-electron chi connectivity index (χ3n) is 4.76. The van der Waals surface area contributed by atoms with Gasteiger partial charge < -0.3 is 8.83 Å². The van der Waals surface area contributed by atoms with E-state index in [0.29, 0.717) is 0 Å². The Morgan fingerprint density at radius 3 is 2.19 bits per heavy atom. The van der Waals surface area contributed by atoms with Gasteiger partial charge in [0.2, 0.25) is 5.91 Å². The Kier molecular flexibility index (Phi) is 3.79. The number of fused-ring (bicyclic) bond motifs is 1. The summed E-state index contributed by atoms with van der Waals surface area (Å²) in [6.45, 7) is 1.18. The van der Waals surface area contributed by atoms with Crippen LogP contribution in [0.2, 0.25) is 0 Å². The van der Waals surface area contributed by atoms with Gasteiger partial charge in [-0.15, -0.1) is 0 Å². The molecular weight excluding hydrogens is 356 g/mol. The Morgan fingerprint density at radius 1 is 1.00 bits per heavy atom. The largest absolute Gasteiger partial charge is 0.519 e. The predicted octanol–water partition coefficient (Wildman–Crippen LogP) is 0.855. The molecule has 4 rings (SSSR count). The number of piperidine rings is 1. The van der Waals surface area contributed by atoms with Gasteiger partial charge in [0, 0.05) is 6.42 Å². The van der Waals surface area contributed by atoms with Gasteiger partial charge in [0.15, 0.2) is 5.76 Å². The number of carbonyl (C=O) groups is 4. The number of carbonyl (C=O) groups excluding carboxylic acids is 4. The normalized spacial score (nSPS) is 19.8. The van der Waals surface area contributed by atoms with Gasteiger partial charge in [-0.05, 0) is 25.5 Å². The van der Waals surface area contributed by atoms with Gasteiger partial charge >= 0.3 is 5.82 Å². The van der Waals surface area contributed by atoms with Crippen LogP contribution in [0.1, 0.15) is 45.1 Å². The third kappa shape index (κ3) is 2.59. The van der Waals surface area contributed by atoms with Crippen molar-refractivity contribution in [3.8, 4) is 0 Å². The SMILES string of the molecule is Cc1oc(=O)oc1CN1C(=O)CCC(N2C(=O)c3ccccc3C2=O)C1=O. The van der Waals surface area contributed by atoms with Crippen LogP contribution in [0, 0.1) is 6.92 Å². The van der Waals surface area contributed by atoms with Gasteiger partial charge in [0.1, 0.15) is 11.8 Å². The van der Waals surface area contributed by atoms with Crippen molar-refractivity contribution >= 4 is 23.6 Å². The van der Waals surface area contributed by atoms with Crippen LogP contribution in [0.25, 0.3) is 0 Å². The molecule has 27 heavy (non-hydrogen) atoms. The molecule has 2 aliphatic heterocycles. The number of rotatable bonds is 3. The average molecular weight is 370 g/mol. The summed E-state index contributed by atoms with van der Waals surface area (Å²) >= 11 is 0. The first-order chi connectivity index (χ1) is 12.9. The first-order valence-electron chi connectivity index (χ1n) is 8.29. The standard InChI is InChI=1S/C18H14N2O7/c1-9-13(27-18(25)26-9)8-19-14(21)7-6-12(17(19)24)20-15(22)10-4-2-3-5-11(10)16(20)23/h2-5,12H,6-8H2,1H3. The lowest BCUT2D eigenvalue weighted by atomic mass is 10.0. The summed E-state index contributed by atoms with van der Waals surface area (Å²) in [6, 6.07) is 5.23. The smallest absolute Gasteiger partial charge is 0.396 e. The van der Waals surface area contributed by atoms with E-state index in [0.717, 1.165) is 9.80 Å². The summed E-state index contributed by atoms with van der Waals surface area (Å²) in [5.74, 6) is -3.02. The van der Waals surface area contributed by atoms with Crippen molar-refractivity contribution in [1.29, 1.82) is 0 Å². The van der Waals surface area contributed by atoms with Crippen molar-refractivity contribution in [1.82, 2.24) is 9.80 Å². The second-order valence-corrected chi connectivity index (χ2v) is 6.33. The Labute approximate surface area is 152 Å². The van der Waals surface area contributed by atoms with E-state index < -0.39 is 35.5 Å². The Bertz CT molecular complexity index is 1010.